The number of rotatable bonds is 2. The fourth-order valence-corrected chi connectivity index (χ4v) is 3.01. The van der Waals surface area contributed by atoms with Gasteiger partial charge in [-0.3, -0.25) is 4.98 Å². The predicted octanol–water partition coefficient (Wildman–Crippen LogP) is 3.91. The van der Waals surface area contributed by atoms with Crippen molar-refractivity contribution in [3.05, 3.63) is 36.0 Å². The zero-order valence-corrected chi connectivity index (χ0v) is 12.4. The van der Waals surface area contributed by atoms with Crippen molar-refractivity contribution < 1.29 is 4.74 Å². The molecule has 2 aromatic rings. The van der Waals surface area contributed by atoms with Crippen LogP contribution in [0.4, 0.5) is 5.69 Å². The minimum atomic E-state index is -0.0331. The van der Waals surface area contributed by atoms with E-state index in [9.17, 15) is 0 Å². The van der Waals surface area contributed by atoms with Crippen LogP contribution in [0.15, 0.2) is 30.5 Å². The normalized spacial score (nSPS) is 21.9. The molecule has 1 aromatic heterocycles. The van der Waals surface area contributed by atoms with Gasteiger partial charge in [-0.1, -0.05) is 6.07 Å². The van der Waals surface area contributed by atoms with Gasteiger partial charge in [0, 0.05) is 29.9 Å². The monoisotopic (exact) mass is 270 g/mol. The lowest BCUT2D eigenvalue weighted by molar-refractivity contribution is -0.0553. The standard InChI is InChI=1S/C17H22N2O/c1-12-6-7-15(14-5-4-9-18-16(12)14)19-13-8-10-20-17(2,3)11-13/h4-7,9,13,19H,8,10-11H2,1-3H3. The van der Waals surface area contributed by atoms with E-state index in [2.05, 4.69) is 49.3 Å². The van der Waals surface area contributed by atoms with Gasteiger partial charge in [-0.25, -0.2) is 0 Å². The molecule has 1 fully saturated rings. The van der Waals surface area contributed by atoms with Crippen LogP contribution in [0.25, 0.3) is 10.9 Å². The highest BCUT2D eigenvalue weighted by Crippen LogP contribution is 2.30. The first kappa shape index (κ1) is 13.4. The first-order chi connectivity index (χ1) is 9.55. The van der Waals surface area contributed by atoms with Crippen LogP contribution in [0, 0.1) is 6.92 Å². The molecule has 0 amide bonds. The Morgan fingerprint density at radius 1 is 1.30 bits per heavy atom. The molecule has 1 atom stereocenters. The summed E-state index contributed by atoms with van der Waals surface area (Å²) >= 11 is 0. The molecule has 3 rings (SSSR count). The van der Waals surface area contributed by atoms with Gasteiger partial charge in [0.1, 0.15) is 0 Å². The third kappa shape index (κ3) is 2.63. The molecule has 1 aliphatic heterocycles. The summed E-state index contributed by atoms with van der Waals surface area (Å²) in [7, 11) is 0. The number of nitrogens with zero attached hydrogens (tertiary/aromatic N) is 1. The molecule has 3 nitrogen and oxygen atoms in total. The summed E-state index contributed by atoms with van der Waals surface area (Å²) in [6.45, 7) is 7.26. The summed E-state index contributed by atoms with van der Waals surface area (Å²) in [5.41, 5.74) is 3.46. The van der Waals surface area contributed by atoms with E-state index >= 15 is 0 Å². The van der Waals surface area contributed by atoms with E-state index in [1.807, 2.05) is 12.3 Å². The van der Waals surface area contributed by atoms with Gasteiger partial charge in [-0.15, -0.1) is 0 Å². The Morgan fingerprint density at radius 2 is 2.15 bits per heavy atom. The molecule has 3 heteroatoms. The Labute approximate surface area is 120 Å². The number of nitrogens with one attached hydrogen (secondary N) is 1. The SMILES string of the molecule is Cc1ccc(NC2CCOC(C)(C)C2)c2cccnc12. The number of anilines is 1. The van der Waals surface area contributed by atoms with E-state index in [0.717, 1.165) is 25.0 Å². The molecule has 20 heavy (non-hydrogen) atoms. The molecule has 1 aliphatic rings. The molecular formula is C17H22N2O. The number of hydrogen-bond acceptors (Lipinski definition) is 3. The van der Waals surface area contributed by atoms with E-state index < -0.39 is 0 Å². The highest BCUT2D eigenvalue weighted by Gasteiger charge is 2.28. The summed E-state index contributed by atoms with van der Waals surface area (Å²) in [4.78, 5) is 4.50. The molecule has 1 aromatic carbocycles. The Kier molecular flexibility index (Phi) is 3.38. The zero-order chi connectivity index (χ0) is 14.2. The van der Waals surface area contributed by atoms with Crippen molar-refractivity contribution in [3.63, 3.8) is 0 Å². The highest BCUT2D eigenvalue weighted by atomic mass is 16.5. The number of pyridine rings is 1. The number of ether oxygens (including phenoxy) is 1. The number of aryl methyl sites for hydroxylation is 1. The van der Waals surface area contributed by atoms with Crippen molar-refractivity contribution in [2.24, 2.45) is 0 Å². The molecular weight excluding hydrogens is 248 g/mol. The summed E-state index contributed by atoms with van der Waals surface area (Å²) in [5, 5.41) is 4.89. The van der Waals surface area contributed by atoms with Gasteiger partial charge in [-0.05, 0) is 57.4 Å². The van der Waals surface area contributed by atoms with E-state index in [1.54, 1.807) is 0 Å². The Hall–Kier alpha value is -1.61. The lowest BCUT2D eigenvalue weighted by atomic mass is 9.93. The summed E-state index contributed by atoms with van der Waals surface area (Å²) in [6, 6.07) is 8.91. The van der Waals surface area contributed by atoms with Crippen LogP contribution in [0.5, 0.6) is 0 Å². The first-order valence-electron chi connectivity index (χ1n) is 7.30. The van der Waals surface area contributed by atoms with Crippen LogP contribution in [-0.2, 0) is 4.74 Å². The van der Waals surface area contributed by atoms with E-state index in [4.69, 9.17) is 4.74 Å². The van der Waals surface area contributed by atoms with Gasteiger partial charge < -0.3 is 10.1 Å². The second kappa shape index (κ2) is 5.06. The third-order valence-corrected chi connectivity index (χ3v) is 4.03. The molecule has 106 valence electrons. The fraction of sp³-hybridized carbons (Fsp3) is 0.471. The number of aromatic nitrogens is 1. The van der Waals surface area contributed by atoms with E-state index in [0.29, 0.717) is 6.04 Å². The third-order valence-electron chi connectivity index (χ3n) is 4.03. The van der Waals surface area contributed by atoms with Gasteiger partial charge >= 0.3 is 0 Å². The van der Waals surface area contributed by atoms with E-state index in [-0.39, 0.29) is 5.60 Å². The number of benzene rings is 1. The fourth-order valence-electron chi connectivity index (χ4n) is 3.01. The van der Waals surface area contributed by atoms with E-state index in [1.165, 1.54) is 16.6 Å². The van der Waals surface area contributed by atoms with Gasteiger partial charge in [-0.2, -0.15) is 0 Å². The van der Waals surface area contributed by atoms with Crippen LogP contribution in [0.1, 0.15) is 32.3 Å². The maximum Gasteiger partial charge on any atom is 0.0751 e. The van der Waals surface area contributed by atoms with Crippen LogP contribution >= 0.6 is 0 Å². The van der Waals surface area contributed by atoms with Crippen molar-refractivity contribution in [1.82, 2.24) is 4.98 Å². The molecule has 0 aliphatic carbocycles. The molecule has 0 bridgehead atoms. The van der Waals surface area contributed by atoms with Crippen molar-refractivity contribution in [2.75, 3.05) is 11.9 Å². The molecule has 1 N–H and O–H groups in total. The maximum absolute atomic E-state index is 5.79. The Bertz CT molecular complexity index is 621. The smallest absolute Gasteiger partial charge is 0.0751 e. The maximum atomic E-state index is 5.79. The average Bonchev–Trinajstić information content (AvgIpc) is 2.41. The summed E-state index contributed by atoms with van der Waals surface area (Å²) in [6.07, 6.45) is 3.94. The second-order valence-corrected chi connectivity index (χ2v) is 6.27. The molecule has 0 spiro atoms. The summed E-state index contributed by atoms with van der Waals surface area (Å²) < 4.78 is 5.79. The lowest BCUT2D eigenvalue weighted by Gasteiger charge is -2.36. The zero-order valence-electron chi connectivity index (χ0n) is 12.4. The first-order valence-corrected chi connectivity index (χ1v) is 7.30. The molecule has 1 saturated heterocycles. The lowest BCUT2D eigenvalue weighted by Crippen LogP contribution is -2.40. The van der Waals surface area contributed by atoms with Crippen molar-refractivity contribution in [3.8, 4) is 0 Å². The number of hydrogen-bond donors (Lipinski definition) is 1. The van der Waals surface area contributed by atoms with Crippen LogP contribution in [-0.4, -0.2) is 23.2 Å². The molecule has 0 radical (unpaired) electrons. The highest BCUT2D eigenvalue weighted by molar-refractivity contribution is 5.93. The average molecular weight is 270 g/mol. The van der Waals surface area contributed by atoms with Gasteiger partial charge in [0.25, 0.3) is 0 Å². The minimum Gasteiger partial charge on any atom is -0.382 e. The van der Waals surface area contributed by atoms with Crippen LogP contribution in [0.3, 0.4) is 0 Å². The topological polar surface area (TPSA) is 34.1 Å². The van der Waals surface area contributed by atoms with Gasteiger partial charge in [0.15, 0.2) is 0 Å². The van der Waals surface area contributed by atoms with Crippen molar-refractivity contribution in [1.29, 1.82) is 0 Å². The molecule has 0 saturated carbocycles. The second-order valence-electron chi connectivity index (χ2n) is 6.27. The Balaban J connectivity index is 1.90. The van der Waals surface area contributed by atoms with Crippen LogP contribution < -0.4 is 5.32 Å². The quantitative estimate of drug-likeness (QED) is 0.898. The minimum absolute atomic E-state index is 0.0331. The Morgan fingerprint density at radius 3 is 2.95 bits per heavy atom. The molecule has 2 heterocycles. The van der Waals surface area contributed by atoms with Gasteiger partial charge in [0.2, 0.25) is 0 Å². The van der Waals surface area contributed by atoms with Crippen LogP contribution in [0.2, 0.25) is 0 Å². The van der Waals surface area contributed by atoms with Crippen molar-refractivity contribution >= 4 is 16.6 Å². The largest absolute Gasteiger partial charge is 0.382 e. The molecule has 1 unspecified atom stereocenters. The summed E-state index contributed by atoms with van der Waals surface area (Å²) in [5.74, 6) is 0. The predicted molar refractivity (Wildman–Crippen MR) is 83.2 cm³/mol. The number of fused-ring (bicyclic) bond motifs is 1. The van der Waals surface area contributed by atoms with Gasteiger partial charge in [0.05, 0.1) is 11.1 Å². The van der Waals surface area contributed by atoms with Crippen molar-refractivity contribution in [2.45, 2.75) is 45.3 Å².